The first-order valence-corrected chi connectivity index (χ1v) is 7.26. The second-order valence-corrected chi connectivity index (χ2v) is 6.05. The van der Waals surface area contributed by atoms with Gasteiger partial charge in [-0.15, -0.1) is 23.4 Å². The van der Waals surface area contributed by atoms with Crippen LogP contribution in [0.25, 0.3) is 11.4 Å². The number of amides is 1. The molecule has 1 aromatic heterocycles. The molecule has 2 N–H and O–H groups in total. The van der Waals surface area contributed by atoms with E-state index in [9.17, 15) is 18.0 Å². The van der Waals surface area contributed by atoms with Crippen molar-refractivity contribution in [3.8, 4) is 17.1 Å². The maximum Gasteiger partial charge on any atom is 0.573 e. The molecule has 2 aromatic rings. The normalized spacial score (nSPS) is 11.9. The second kappa shape index (κ2) is 6.99. The third kappa shape index (κ3) is 6.32. The Labute approximate surface area is 141 Å². The molecule has 0 saturated carbocycles. The molecule has 0 radical (unpaired) electrons. The Bertz CT molecular complexity index is 721. The summed E-state index contributed by atoms with van der Waals surface area (Å²) in [4.78, 5) is 14.4. The lowest BCUT2D eigenvalue weighted by Crippen LogP contribution is -2.32. The number of aromatic nitrogens is 3. The van der Waals surface area contributed by atoms with Crippen molar-refractivity contribution in [2.45, 2.75) is 39.3 Å². The van der Waals surface area contributed by atoms with Crippen LogP contribution in [0.3, 0.4) is 0 Å². The summed E-state index contributed by atoms with van der Waals surface area (Å²) in [5.74, 6) is 0.388. The van der Waals surface area contributed by atoms with E-state index in [0.717, 1.165) is 0 Å². The second-order valence-electron chi connectivity index (χ2n) is 6.05. The summed E-state index contributed by atoms with van der Waals surface area (Å²) in [5, 5.41) is 10.3. The van der Waals surface area contributed by atoms with Crippen LogP contribution in [-0.2, 0) is 11.3 Å². The molecule has 1 heterocycles. The maximum atomic E-state index is 12.1. The van der Waals surface area contributed by atoms with E-state index < -0.39 is 18.1 Å². The molecule has 2 rings (SSSR count). The Kier molecular flexibility index (Phi) is 5.19. The average Bonchev–Trinajstić information content (AvgIpc) is 2.91. The van der Waals surface area contributed by atoms with E-state index in [4.69, 9.17) is 4.74 Å². The molecule has 1 amide bonds. The highest BCUT2D eigenvalue weighted by molar-refractivity contribution is 5.67. The highest BCUT2D eigenvalue weighted by Crippen LogP contribution is 2.25. The average molecular weight is 358 g/mol. The number of alkyl halides is 3. The van der Waals surface area contributed by atoms with Crippen LogP contribution in [0.5, 0.6) is 5.75 Å². The number of H-pyrrole nitrogens is 1. The monoisotopic (exact) mass is 358 g/mol. The molecular weight excluding hydrogens is 341 g/mol. The summed E-state index contributed by atoms with van der Waals surface area (Å²) in [6, 6.07) is 5.16. The lowest BCUT2D eigenvalue weighted by molar-refractivity contribution is -0.274. The summed E-state index contributed by atoms with van der Waals surface area (Å²) < 4.78 is 45.3. The first kappa shape index (κ1) is 18.6. The molecule has 0 spiro atoms. The van der Waals surface area contributed by atoms with Gasteiger partial charge in [0.2, 0.25) is 0 Å². The Morgan fingerprint density at radius 1 is 1.16 bits per heavy atom. The third-order valence-corrected chi connectivity index (χ3v) is 2.69. The molecule has 0 aliphatic heterocycles. The molecule has 25 heavy (non-hydrogen) atoms. The zero-order valence-electron chi connectivity index (χ0n) is 13.8. The van der Waals surface area contributed by atoms with Gasteiger partial charge in [-0.3, -0.25) is 0 Å². The first-order valence-electron chi connectivity index (χ1n) is 7.26. The zero-order chi connectivity index (χ0) is 18.7. The molecule has 0 bridgehead atoms. The van der Waals surface area contributed by atoms with Gasteiger partial charge >= 0.3 is 12.5 Å². The number of ether oxygens (including phenoxy) is 2. The molecule has 10 heteroatoms. The lowest BCUT2D eigenvalue weighted by atomic mass is 10.2. The lowest BCUT2D eigenvalue weighted by Gasteiger charge is -2.19. The van der Waals surface area contributed by atoms with Gasteiger partial charge in [-0.2, -0.15) is 0 Å². The molecule has 7 nitrogen and oxygen atoms in total. The SMILES string of the molecule is CC(C)(C)OC(=O)NCc1nnc(-c2ccc(OC(F)(F)F)cc2)[nH]1. The van der Waals surface area contributed by atoms with Gasteiger partial charge in [-0.25, -0.2) is 4.79 Å². The van der Waals surface area contributed by atoms with Crippen LogP contribution in [0.15, 0.2) is 24.3 Å². The van der Waals surface area contributed by atoms with Crippen LogP contribution in [0, 0.1) is 0 Å². The van der Waals surface area contributed by atoms with E-state index in [1.54, 1.807) is 20.8 Å². The largest absolute Gasteiger partial charge is 0.573 e. The van der Waals surface area contributed by atoms with Crippen molar-refractivity contribution in [1.29, 1.82) is 0 Å². The number of alkyl carbamates (subject to hydrolysis) is 1. The quantitative estimate of drug-likeness (QED) is 0.874. The van der Waals surface area contributed by atoms with Crippen LogP contribution in [0.4, 0.5) is 18.0 Å². The fourth-order valence-corrected chi connectivity index (χ4v) is 1.79. The van der Waals surface area contributed by atoms with Crippen molar-refractivity contribution in [3.63, 3.8) is 0 Å². The summed E-state index contributed by atoms with van der Waals surface area (Å²) >= 11 is 0. The third-order valence-electron chi connectivity index (χ3n) is 2.69. The molecule has 136 valence electrons. The fraction of sp³-hybridized carbons (Fsp3) is 0.400. The van der Waals surface area contributed by atoms with Gasteiger partial charge < -0.3 is 19.8 Å². The van der Waals surface area contributed by atoms with Crippen molar-refractivity contribution >= 4 is 6.09 Å². The number of hydrogen-bond donors (Lipinski definition) is 2. The van der Waals surface area contributed by atoms with Gasteiger partial charge in [0.15, 0.2) is 5.82 Å². The molecule has 1 aromatic carbocycles. The molecule has 0 aliphatic rings. The zero-order valence-corrected chi connectivity index (χ0v) is 13.8. The minimum atomic E-state index is -4.74. The standard InChI is InChI=1S/C15H17F3N4O3/c1-14(2,3)25-13(23)19-8-11-20-12(22-21-11)9-4-6-10(7-5-9)24-15(16,17)18/h4-7H,8H2,1-3H3,(H,19,23)(H,20,21,22). The fourth-order valence-electron chi connectivity index (χ4n) is 1.79. The van der Waals surface area contributed by atoms with Gasteiger partial charge in [0, 0.05) is 5.56 Å². The number of halogens is 3. The molecular formula is C15H17F3N4O3. The highest BCUT2D eigenvalue weighted by Gasteiger charge is 2.31. The number of aromatic amines is 1. The van der Waals surface area contributed by atoms with Gasteiger partial charge in [-0.1, -0.05) is 0 Å². The minimum absolute atomic E-state index is 0.0666. The van der Waals surface area contributed by atoms with Gasteiger partial charge in [-0.05, 0) is 45.0 Å². The van der Waals surface area contributed by atoms with E-state index in [1.165, 1.54) is 24.3 Å². The number of carbonyl (C=O) groups excluding carboxylic acids is 1. The summed E-state index contributed by atoms with van der Waals surface area (Å²) in [6.07, 6.45) is -5.34. The molecule has 0 unspecified atom stereocenters. The van der Waals surface area contributed by atoms with Crippen LogP contribution in [0.2, 0.25) is 0 Å². The van der Waals surface area contributed by atoms with Crippen molar-refractivity contribution in [2.75, 3.05) is 0 Å². The maximum absolute atomic E-state index is 12.1. The van der Waals surface area contributed by atoms with E-state index in [2.05, 4.69) is 25.2 Å². The van der Waals surface area contributed by atoms with Crippen LogP contribution < -0.4 is 10.1 Å². The van der Waals surface area contributed by atoms with Crippen molar-refractivity contribution in [3.05, 3.63) is 30.1 Å². The predicted molar refractivity (Wildman–Crippen MR) is 81.6 cm³/mol. The van der Waals surface area contributed by atoms with E-state index in [0.29, 0.717) is 17.2 Å². The van der Waals surface area contributed by atoms with Crippen LogP contribution in [-0.4, -0.2) is 33.2 Å². The molecule has 0 aliphatic carbocycles. The topological polar surface area (TPSA) is 89.1 Å². The number of carbonyl (C=O) groups is 1. The number of rotatable bonds is 4. The highest BCUT2D eigenvalue weighted by atomic mass is 19.4. The predicted octanol–water partition coefficient (Wildman–Crippen LogP) is 3.40. The molecule has 0 saturated heterocycles. The van der Waals surface area contributed by atoms with E-state index in [-0.39, 0.29) is 12.3 Å². The molecule has 0 fully saturated rings. The Balaban J connectivity index is 1.95. The number of nitrogens with one attached hydrogen (secondary N) is 2. The van der Waals surface area contributed by atoms with Crippen molar-refractivity contribution in [2.24, 2.45) is 0 Å². The molecule has 0 atom stereocenters. The minimum Gasteiger partial charge on any atom is -0.444 e. The van der Waals surface area contributed by atoms with Crippen molar-refractivity contribution in [1.82, 2.24) is 20.5 Å². The van der Waals surface area contributed by atoms with Gasteiger partial charge in [0.25, 0.3) is 0 Å². The van der Waals surface area contributed by atoms with Crippen LogP contribution >= 0.6 is 0 Å². The summed E-state index contributed by atoms with van der Waals surface area (Å²) in [5.41, 5.74) is -0.0952. The first-order chi connectivity index (χ1) is 11.5. The number of hydrogen-bond acceptors (Lipinski definition) is 5. The van der Waals surface area contributed by atoms with Gasteiger partial charge in [0.1, 0.15) is 17.2 Å². The number of nitrogens with zero attached hydrogens (tertiary/aromatic N) is 2. The van der Waals surface area contributed by atoms with Gasteiger partial charge in [0.05, 0.1) is 6.54 Å². The summed E-state index contributed by atoms with van der Waals surface area (Å²) in [6.45, 7) is 5.29. The van der Waals surface area contributed by atoms with E-state index in [1.807, 2.05) is 0 Å². The smallest absolute Gasteiger partial charge is 0.444 e. The number of benzene rings is 1. The van der Waals surface area contributed by atoms with Crippen LogP contribution in [0.1, 0.15) is 26.6 Å². The summed E-state index contributed by atoms with van der Waals surface area (Å²) in [7, 11) is 0. The Morgan fingerprint density at radius 3 is 2.36 bits per heavy atom. The Morgan fingerprint density at radius 2 is 1.80 bits per heavy atom. The van der Waals surface area contributed by atoms with E-state index >= 15 is 0 Å². The van der Waals surface area contributed by atoms with Crippen molar-refractivity contribution < 1.29 is 27.4 Å². The Hall–Kier alpha value is -2.78.